The predicted octanol–water partition coefficient (Wildman–Crippen LogP) is 4.29. The third-order valence-electron chi connectivity index (χ3n) is 3.09. The molecule has 0 unspecified atom stereocenters. The first kappa shape index (κ1) is 18.8. The minimum Gasteiger partial charge on any atom is -0.497 e. The Labute approximate surface area is 155 Å². The largest absolute Gasteiger partial charge is 0.497 e. The minimum atomic E-state index is -0.389. The zero-order valence-corrected chi connectivity index (χ0v) is 15.0. The molecule has 2 aromatic carbocycles. The second-order valence-corrected chi connectivity index (χ2v) is 5.53. The normalized spacial score (nSPS) is 11.4. The number of carbonyl (C=O) groups is 1. The highest BCUT2D eigenvalue weighted by molar-refractivity contribution is 6.65. The van der Waals surface area contributed by atoms with Gasteiger partial charge >= 0.3 is 0 Å². The monoisotopic (exact) mass is 379 g/mol. The lowest BCUT2D eigenvalue weighted by molar-refractivity contribution is 0.106. The summed E-state index contributed by atoms with van der Waals surface area (Å²) in [7, 11) is 2.95. The first-order valence-corrected chi connectivity index (χ1v) is 7.84. The van der Waals surface area contributed by atoms with Gasteiger partial charge in [-0.05, 0) is 42.5 Å². The van der Waals surface area contributed by atoms with Crippen molar-refractivity contribution in [2.24, 2.45) is 10.3 Å². The summed E-state index contributed by atoms with van der Waals surface area (Å²) in [4.78, 5) is 17.2. The number of methoxy groups -OCH3 is 1. The van der Waals surface area contributed by atoms with Crippen LogP contribution in [-0.4, -0.2) is 31.9 Å². The lowest BCUT2D eigenvalue weighted by Crippen LogP contribution is -2.18. The summed E-state index contributed by atoms with van der Waals surface area (Å²) >= 11 is 11.8. The van der Waals surface area contributed by atoms with Crippen LogP contribution in [0.4, 0.5) is 5.69 Å². The highest BCUT2D eigenvalue weighted by Gasteiger charge is 2.14. The van der Waals surface area contributed by atoms with Gasteiger partial charge in [0.25, 0.3) is 0 Å². The van der Waals surface area contributed by atoms with Gasteiger partial charge in [0.1, 0.15) is 12.9 Å². The Bertz CT molecular complexity index is 805. The lowest BCUT2D eigenvalue weighted by atomic mass is 10.1. The van der Waals surface area contributed by atoms with Crippen LogP contribution < -0.4 is 10.2 Å². The average Bonchev–Trinajstić information content (AvgIpc) is 2.64. The summed E-state index contributed by atoms with van der Waals surface area (Å²) in [5, 5.41) is 8.33. The number of rotatable bonds is 7. The van der Waals surface area contributed by atoms with E-state index in [0.29, 0.717) is 22.0 Å². The number of nitrogens with zero attached hydrogens (tertiary/aromatic N) is 2. The van der Waals surface area contributed by atoms with Crippen molar-refractivity contribution < 1.29 is 14.4 Å². The van der Waals surface area contributed by atoms with E-state index < -0.39 is 0 Å². The molecule has 0 fully saturated rings. The van der Waals surface area contributed by atoms with Gasteiger partial charge in [0.05, 0.1) is 29.1 Å². The van der Waals surface area contributed by atoms with Gasteiger partial charge in [0, 0.05) is 5.56 Å². The van der Waals surface area contributed by atoms with Crippen LogP contribution in [0.25, 0.3) is 0 Å². The van der Waals surface area contributed by atoms with Gasteiger partial charge in [0.2, 0.25) is 5.78 Å². The first-order chi connectivity index (χ1) is 12.0. The van der Waals surface area contributed by atoms with Gasteiger partial charge in [-0.15, -0.1) is 0 Å². The van der Waals surface area contributed by atoms with Crippen molar-refractivity contribution in [3.05, 3.63) is 58.1 Å². The number of carbonyl (C=O) groups excluding carboxylic acids is 1. The number of hydrogen-bond donors (Lipinski definition) is 1. The molecule has 2 rings (SSSR count). The van der Waals surface area contributed by atoms with Gasteiger partial charge in [-0.1, -0.05) is 28.4 Å². The van der Waals surface area contributed by atoms with Crippen molar-refractivity contribution >= 4 is 46.6 Å². The maximum atomic E-state index is 12.6. The highest BCUT2D eigenvalue weighted by atomic mass is 35.5. The molecule has 0 aromatic heterocycles. The number of nitrogens with one attached hydrogen (secondary N) is 1. The van der Waals surface area contributed by atoms with Crippen molar-refractivity contribution in [2.45, 2.75) is 0 Å². The van der Waals surface area contributed by atoms with Crippen LogP contribution >= 0.6 is 23.2 Å². The van der Waals surface area contributed by atoms with Gasteiger partial charge < -0.3 is 9.57 Å². The molecule has 25 heavy (non-hydrogen) atoms. The van der Waals surface area contributed by atoms with Crippen molar-refractivity contribution in [3.8, 4) is 5.75 Å². The number of anilines is 1. The zero-order valence-electron chi connectivity index (χ0n) is 13.5. The molecular formula is C17H15Cl2N3O3. The first-order valence-electron chi connectivity index (χ1n) is 7.09. The van der Waals surface area contributed by atoms with E-state index in [1.165, 1.54) is 19.4 Å². The van der Waals surface area contributed by atoms with E-state index in [1.54, 1.807) is 43.5 Å². The van der Waals surface area contributed by atoms with Crippen LogP contribution in [0.5, 0.6) is 5.75 Å². The quantitative estimate of drug-likeness (QED) is 0.442. The molecule has 0 aliphatic carbocycles. The summed E-state index contributed by atoms with van der Waals surface area (Å²) < 4.78 is 5.09. The summed E-state index contributed by atoms with van der Waals surface area (Å²) in [6.45, 7) is 0. The Balaban J connectivity index is 2.25. The molecule has 0 radical (unpaired) electrons. The van der Waals surface area contributed by atoms with E-state index in [4.69, 9.17) is 27.9 Å². The van der Waals surface area contributed by atoms with Crippen molar-refractivity contribution in [3.63, 3.8) is 0 Å². The average molecular weight is 380 g/mol. The number of hydrazone groups is 1. The number of ether oxygens (including phenoxy) is 1. The molecule has 0 aliphatic rings. The maximum Gasteiger partial charge on any atom is 0.214 e. The van der Waals surface area contributed by atoms with E-state index >= 15 is 0 Å². The molecule has 0 bridgehead atoms. The van der Waals surface area contributed by atoms with Gasteiger partial charge in [-0.25, -0.2) is 0 Å². The summed E-state index contributed by atoms with van der Waals surface area (Å²) in [5.41, 5.74) is 3.82. The predicted molar refractivity (Wildman–Crippen MR) is 100 cm³/mol. The zero-order chi connectivity index (χ0) is 18.2. The minimum absolute atomic E-state index is 0.0380. The number of Topliss-reactive ketones (excluding diaryl/α,β-unsaturated/α-hetero) is 1. The van der Waals surface area contributed by atoms with Gasteiger partial charge in [-0.2, -0.15) is 5.10 Å². The van der Waals surface area contributed by atoms with Gasteiger partial charge in [0.15, 0.2) is 5.71 Å². The Morgan fingerprint density at radius 3 is 2.40 bits per heavy atom. The smallest absolute Gasteiger partial charge is 0.214 e. The molecule has 0 atom stereocenters. The van der Waals surface area contributed by atoms with E-state index in [2.05, 4.69) is 20.5 Å². The molecule has 8 heteroatoms. The third-order valence-corrected chi connectivity index (χ3v) is 3.83. The highest BCUT2D eigenvalue weighted by Crippen LogP contribution is 2.23. The Morgan fingerprint density at radius 2 is 1.80 bits per heavy atom. The fourth-order valence-electron chi connectivity index (χ4n) is 1.82. The number of halogens is 2. The summed E-state index contributed by atoms with van der Waals surface area (Å²) in [5.74, 6) is 0.322. The number of ketones is 1. The summed E-state index contributed by atoms with van der Waals surface area (Å²) in [6, 6.07) is 11.6. The van der Waals surface area contributed by atoms with E-state index in [-0.39, 0.29) is 16.5 Å². The van der Waals surface area contributed by atoms with Crippen molar-refractivity contribution in [1.82, 2.24) is 0 Å². The van der Waals surface area contributed by atoms with E-state index in [0.717, 1.165) is 0 Å². The van der Waals surface area contributed by atoms with Crippen LogP contribution in [0.15, 0.2) is 52.7 Å². The molecule has 0 saturated heterocycles. The third kappa shape index (κ3) is 5.20. The van der Waals surface area contributed by atoms with E-state index in [9.17, 15) is 4.79 Å². The second kappa shape index (κ2) is 9.05. The number of oxime groups is 1. The topological polar surface area (TPSA) is 72.3 Å². The van der Waals surface area contributed by atoms with Gasteiger partial charge in [-0.3, -0.25) is 10.2 Å². The second-order valence-electron chi connectivity index (χ2n) is 4.71. The molecular weight excluding hydrogens is 365 g/mol. The Hall–Kier alpha value is -2.57. The van der Waals surface area contributed by atoms with Crippen LogP contribution in [0.2, 0.25) is 10.0 Å². The standard InChI is InChI=1S/C17H15Cl2N3O3/c1-24-13-6-4-12(5-7-13)21-22-16(10-20-25-2)17(23)11-3-8-14(18)15(19)9-11/h3-10,21H,1-2H3. The van der Waals surface area contributed by atoms with E-state index in [1.807, 2.05) is 0 Å². The molecule has 6 nitrogen and oxygen atoms in total. The van der Waals surface area contributed by atoms with Crippen molar-refractivity contribution in [1.29, 1.82) is 0 Å². The van der Waals surface area contributed by atoms with Crippen LogP contribution in [-0.2, 0) is 4.84 Å². The fraction of sp³-hybridized carbons (Fsp3) is 0.118. The Kier molecular flexibility index (Phi) is 6.80. The molecule has 0 spiro atoms. The summed E-state index contributed by atoms with van der Waals surface area (Å²) in [6.07, 6.45) is 1.21. The van der Waals surface area contributed by atoms with Crippen molar-refractivity contribution in [2.75, 3.05) is 19.6 Å². The molecule has 130 valence electrons. The van der Waals surface area contributed by atoms with Crippen LogP contribution in [0.3, 0.4) is 0 Å². The number of benzene rings is 2. The maximum absolute atomic E-state index is 12.6. The molecule has 0 amide bonds. The molecule has 0 heterocycles. The SMILES string of the molecule is CON=CC(=NNc1ccc(OC)cc1)C(=O)c1ccc(Cl)c(Cl)c1. The molecule has 1 N–H and O–H groups in total. The fourth-order valence-corrected chi connectivity index (χ4v) is 2.11. The number of hydrogen-bond acceptors (Lipinski definition) is 6. The molecule has 0 aliphatic heterocycles. The van der Waals surface area contributed by atoms with Crippen LogP contribution in [0.1, 0.15) is 10.4 Å². The molecule has 0 saturated carbocycles. The lowest BCUT2D eigenvalue weighted by Gasteiger charge is -2.05. The molecule has 2 aromatic rings. The Morgan fingerprint density at radius 1 is 1.08 bits per heavy atom. The van der Waals surface area contributed by atoms with Crippen LogP contribution in [0, 0.1) is 0 Å².